The number of hydrogen-bond acceptors (Lipinski definition) is 4. The fourth-order valence-corrected chi connectivity index (χ4v) is 3.02. The lowest BCUT2D eigenvalue weighted by molar-refractivity contribution is 0.0552. The van der Waals surface area contributed by atoms with Crippen LogP contribution in [0, 0.1) is 0 Å². The number of piperazine rings is 1. The van der Waals surface area contributed by atoms with Crippen molar-refractivity contribution >= 4 is 0 Å². The highest BCUT2D eigenvalue weighted by Gasteiger charge is 2.29. The molecule has 2 fully saturated rings. The predicted molar refractivity (Wildman–Crippen MR) is 76.3 cm³/mol. The van der Waals surface area contributed by atoms with Gasteiger partial charge in [-0.15, -0.1) is 0 Å². The lowest BCUT2D eigenvalue weighted by Crippen LogP contribution is -2.61. The molecule has 0 aromatic heterocycles. The summed E-state index contributed by atoms with van der Waals surface area (Å²) in [6.45, 7) is 9.10. The summed E-state index contributed by atoms with van der Waals surface area (Å²) >= 11 is 0. The average molecular weight is 261 g/mol. The smallest absolute Gasteiger partial charge is 0.115 e. The van der Waals surface area contributed by atoms with Gasteiger partial charge in [0.15, 0.2) is 0 Å². The lowest BCUT2D eigenvalue weighted by Gasteiger charge is -2.44. The highest BCUT2D eigenvalue weighted by atomic mass is 16.3. The summed E-state index contributed by atoms with van der Waals surface area (Å²) < 4.78 is 0. The number of nitrogens with one attached hydrogen (secondary N) is 1. The predicted octanol–water partition coefficient (Wildman–Crippen LogP) is 1.04. The molecule has 1 unspecified atom stereocenters. The van der Waals surface area contributed by atoms with E-state index in [0.29, 0.717) is 11.8 Å². The lowest BCUT2D eigenvalue weighted by atomic mass is 10.0. The van der Waals surface area contributed by atoms with Crippen LogP contribution in [0.25, 0.3) is 0 Å². The second-order valence-electron chi connectivity index (χ2n) is 5.65. The molecular formula is C15H23N3O. The number of hydrogen-bond donors (Lipinski definition) is 2. The van der Waals surface area contributed by atoms with E-state index in [0.717, 1.165) is 45.3 Å². The van der Waals surface area contributed by atoms with E-state index in [-0.39, 0.29) is 0 Å². The van der Waals surface area contributed by atoms with Gasteiger partial charge in [0.2, 0.25) is 0 Å². The van der Waals surface area contributed by atoms with Crippen molar-refractivity contribution in [2.24, 2.45) is 0 Å². The van der Waals surface area contributed by atoms with Crippen LogP contribution < -0.4 is 5.32 Å². The van der Waals surface area contributed by atoms with E-state index >= 15 is 0 Å². The zero-order chi connectivity index (χ0) is 13.2. The third kappa shape index (κ3) is 2.76. The molecule has 0 bridgehead atoms. The highest BCUT2D eigenvalue weighted by Crippen LogP contribution is 2.24. The van der Waals surface area contributed by atoms with E-state index in [9.17, 15) is 5.11 Å². The van der Waals surface area contributed by atoms with Crippen molar-refractivity contribution in [3.05, 3.63) is 29.8 Å². The van der Waals surface area contributed by atoms with Crippen LogP contribution in [0.3, 0.4) is 0 Å². The second kappa shape index (κ2) is 5.49. The first-order chi connectivity index (χ1) is 9.24. The first-order valence-corrected chi connectivity index (χ1v) is 7.22. The number of phenols is 1. The van der Waals surface area contributed by atoms with Gasteiger partial charge in [-0.2, -0.15) is 0 Å². The normalized spacial score (nSPS) is 24.1. The van der Waals surface area contributed by atoms with Crippen LogP contribution in [0.5, 0.6) is 5.75 Å². The zero-order valence-electron chi connectivity index (χ0n) is 11.5. The van der Waals surface area contributed by atoms with Crippen molar-refractivity contribution in [2.45, 2.75) is 19.0 Å². The Hall–Kier alpha value is -1.10. The SMILES string of the molecule is CC(c1cccc(O)c1)N1CCN(C2CNC2)CC1. The summed E-state index contributed by atoms with van der Waals surface area (Å²) in [4.78, 5) is 5.11. The van der Waals surface area contributed by atoms with Gasteiger partial charge in [-0.3, -0.25) is 9.80 Å². The minimum absolute atomic E-state index is 0.364. The minimum atomic E-state index is 0.364. The molecule has 0 amide bonds. The molecule has 104 valence electrons. The molecule has 0 spiro atoms. The van der Waals surface area contributed by atoms with E-state index in [1.54, 1.807) is 6.07 Å². The Morgan fingerprint density at radius 2 is 1.95 bits per heavy atom. The van der Waals surface area contributed by atoms with Crippen molar-refractivity contribution in [2.75, 3.05) is 39.3 Å². The Morgan fingerprint density at radius 3 is 2.53 bits per heavy atom. The Morgan fingerprint density at radius 1 is 1.21 bits per heavy atom. The van der Waals surface area contributed by atoms with E-state index in [1.807, 2.05) is 12.1 Å². The average Bonchev–Trinajstić information content (AvgIpc) is 2.37. The molecule has 1 aromatic rings. The number of rotatable bonds is 3. The molecule has 2 aliphatic heterocycles. The van der Waals surface area contributed by atoms with Gasteiger partial charge in [0.1, 0.15) is 5.75 Å². The summed E-state index contributed by atoms with van der Waals surface area (Å²) in [5.74, 6) is 0.364. The molecule has 0 radical (unpaired) electrons. The second-order valence-corrected chi connectivity index (χ2v) is 5.65. The third-order valence-corrected chi connectivity index (χ3v) is 4.53. The molecule has 1 atom stereocenters. The molecule has 4 heteroatoms. The van der Waals surface area contributed by atoms with Crippen LogP contribution in [-0.4, -0.2) is 60.2 Å². The van der Waals surface area contributed by atoms with Crippen LogP contribution in [0.15, 0.2) is 24.3 Å². The van der Waals surface area contributed by atoms with Crippen LogP contribution in [0.1, 0.15) is 18.5 Å². The minimum Gasteiger partial charge on any atom is -0.508 e. The molecule has 19 heavy (non-hydrogen) atoms. The number of aromatic hydroxyl groups is 1. The van der Waals surface area contributed by atoms with Gasteiger partial charge >= 0.3 is 0 Å². The number of benzene rings is 1. The van der Waals surface area contributed by atoms with E-state index in [2.05, 4.69) is 28.1 Å². The van der Waals surface area contributed by atoms with Gasteiger partial charge in [0.05, 0.1) is 0 Å². The molecule has 1 aromatic carbocycles. The molecule has 2 aliphatic rings. The molecule has 2 saturated heterocycles. The Balaban J connectivity index is 1.58. The quantitative estimate of drug-likeness (QED) is 0.853. The molecular weight excluding hydrogens is 238 g/mol. The van der Waals surface area contributed by atoms with E-state index in [1.165, 1.54) is 5.56 Å². The molecule has 3 rings (SSSR count). The van der Waals surface area contributed by atoms with Gasteiger partial charge in [0, 0.05) is 51.4 Å². The molecule has 4 nitrogen and oxygen atoms in total. The fraction of sp³-hybridized carbons (Fsp3) is 0.600. The Kier molecular flexibility index (Phi) is 3.73. The van der Waals surface area contributed by atoms with Crippen molar-refractivity contribution in [1.29, 1.82) is 0 Å². The summed E-state index contributed by atoms with van der Waals surface area (Å²) in [6, 6.07) is 8.79. The monoisotopic (exact) mass is 261 g/mol. The third-order valence-electron chi connectivity index (χ3n) is 4.53. The Labute approximate surface area is 115 Å². The van der Waals surface area contributed by atoms with Crippen LogP contribution in [0.2, 0.25) is 0 Å². The van der Waals surface area contributed by atoms with Gasteiger partial charge in [-0.25, -0.2) is 0 Å². The van der Waals surface area contributed by atoms with Crippen LogP contribution >= 0.6 is 0 Å². The largest absolute Gasteiger partial charge is 0.508 e. The van der Waals surface area contributed by atoms with Gasteiger partial charge < -0.3 is 10.4 Å². The first kappa shape index (κ1) is 12.9. The zero-order valence-corrected chi connectivity index (χ0v) is 11.5. The molecule has 0 aliphatic carbocycles. The summed E-state index contributed by atoms with van der Waals surface area (Å²) in [7, 11) is 0. The van der Waals surface area contributed by atoms with Crippen molar-refractivity contribution < 1.29 is 5.11 Å². The number of phenolic OH excluding ortho intramolecular Hbond substituents is 1. The molecule has 2 N–H and O–H groups in total. The first-order valence-electron chi connectivity index (χ1n) is 7.22. The number of nitrogens with zero attached hydrogens (tertiary/aromatic N) is 2. The van der Waals surface area contributed by atoms with Gasteiger partial charge in [-0.05, 0) is 24.6 Å². The summed E-state index contributed by atoms with van der Waals surface area (Å²) in [6.07, 6.45) is 0. The van der Waals surface area contributed by atoms with Crippen molar-refractivity contribution in [1.82, 2.24) is 15.1 Å². The Bertz CT molecular complexity index is 425. The maximum Gasteiger partial charge on any atom is 0.115 e. The molecule has 2 heterocycles. The van der Waals surface area contributed by atoms with Crippen molar-refractivity contribution in [3.63, 3.8) is 0 Å². The van der Waals surface area contributed by atoms with Crippen molar-refractivity contribution in [3.8, 4) is 5.75 Å². The molecule has 0 saturated carbocycles. The van der Waals surface area contributed by atoms with Gasteiger partial charge in [0.25, 0.3) is 0 Å². The van der Waals surface area contributed by atoms with Gasteiger partial charge in [-0.1, -0.05) is 12.1 Å². The van der Waals surface area contributed by atoms with E-state index in [4.69, 9.17) is 0 Å². The standard InChI is InChI=1S/C15H23N3O/c1-12(13-3-2-4-15(19)9-13)17-5-7-18(8-6-17)14-10-16-11-14/h2-4,9,12,14,16,19H,5-8,10-11H2,1H3. The van der Waals surface area contributed by atoms with Crippen LogP contribution in [0.4, 0.5) is 0 Å². The van der Waals surface area contributed by atoms with Crippen LogP contribution in [-0.2, 0) is 0 Å². The summed E-state index contributed by atoms with van der Waals surface area (Å²) in [5.41, 5.74) is 1.21. The van der Waals surface area contributed by atoms with E-state index < -0.39 is 0 Å². The summed E-state index contributed by atoms with van der Waals surface area (Å²) in [5, 5.41) is 12.9. The highest BCUT2D eigenvalue weighted by molar-refractivity contribution is 5.29. The topological polar surface area (TPSA) is 38.7 Å². The fourth-order valence-electron chi connectivity index (χ4n) is 3.02. The maximum atomic E-state index is 9.58. The maximum absolute atomic E-state index is 9.58.